The van der Waals surface area contributed by atoms with E-state index < -0.39 is 5.60 Å². The predicted molar refractivity (Wildman–Crippen MR) is 103 cm³/mol. The lowest BCUT2D eigenvalue weighted by molar-refractivity contribution is -0.137. The maximum Gasteiger partial charge on any atom is 0.410 e. The SMILES string of the molecule is CCN(Cc1cccc(Cl)c1)C(=O)C1CCN(C(=O)OC(C)(C)C)CC1. The molecule has 0 saturated carbocycles. The Morgan fingerprint density at radius 2 is 1.92 bits per heavy atom. The van der Waals surface area contributed by atoms with Gasteiger partial charge < -0.3 is 14.5 Å². The third-order valence-corrected chi connectivity index (χ3v) is 4.69. The highest BCUT2D eigenvalue weighted by Crippen LogP contribution is 2.23. The zero-order valence-corrected chi connectivity index (χ0v) is 16.9. The number of hydrogen-bond donors (Lipinski definition) is 0. The molecule has 6 heteroatoms. The average Bonchev–Trinajstić information content (AvgIpc) is 2.58. The second kappa shape index (κ2) is 8.76. The van der Waals surface area contributed by atoms with Crippen molar-refractivity contribution in [3.05, 3.63) is 34.9 Å². The van der Waals surface area contributed by atoms with Gasteiger partial charge in [-0.3, -0.25) is 4.79 Å². The molecule has 0 radical (unpaired) electrons. The Kier molecular flexibility index (Phi) is 6.93. The highest BCUT2D eigenvalue weighted by Gasteiger charge is 2.31. The minimum absolute atomic E-state index is 0.0483. The highest BCUT2D eigenvalue weighted by atomic mass is 35.5. The Bertz CT molecular complexity index is 634. The summed E-state index contributed by atoms with van der Waals surface area (Å²) in [5.74, 6) is 0.101. The maximum absolute atomic E-state index is 12.9. The van der Waals surface area contributed by atoms with E-state index in [2.05, 4.69) is 0 Å². The molecule has 1 aromatic rings. The molecule has 1 saturated heterocycles. The Morgan fingerprint density at radius 1 is 1.27 bits per heavy atom. The molecule has 1 heterocycles. The van der Waals surface area contributed by atoms with Gasteiger partial charge in [0, 0.05) is 37.1 Å². The number of rotatable bonds is 4. The van der Waals surface area contributed by atoms with Crippen molar-refractivity contribution >= 4 is 23.6 Å². The molecule has 2 amide bonds. The van der Waals surface area contributed by atoms with E-state index in [1.54, 1.807) is 4.90 Å². The third kappa shape index (κ3) is 5.90. The van der Waals surface area contributed by atoms with E-state index in [1.807, 2.05) is 56.9 Å². The molecule has 5 nitrogen and oxygen atoms in total. The van der Waals surface area contributed by atoms with E-state index in [0.29, 0.717) is 44.0 Å². The lowest BCUT2D eigenvalue weighted by Crippen LogP contribution is -2.45. The van der Waals surface area contributed by atoms with Crippen molar-refractivity contribution < 1.29 is 14.3 Å². The van der Waals surface area contributed by atoms with Crippen LogP contribution in [0.3, 0.4) is 0 Å². The van der Waals surface area contributed by atoms with Crippen molar-refractivity contribution in [3.8, 4) is 0 Å². The second-order valence-corrected chi connectivity index (χ2v) is 8.16. The first-order chi connectivity index (χ1) is 12.2. The van der Waals surface area contributed by atoms with Gasteiger partial charge in [0.15, 0.2) is 0 Å². The summed E-state index contributed by atoms with van der Waals surface area (Å²) in [6.45, 7) is 9.88. The summed E-state index contributed by atoms with van der Waals surface area (Å²) in [5, 5.41) is 0.677. The largest absolute Gasteiger partial charge is 0.444 e. The van der Waals surface area contributed by atoms with Crippen LogP contribution in [0.1, 0.15) is 46.1 Å². The number of nitrogens with zero attached hydrogens (tertiary/aromatic N) is 2. The van der Waals surface area contributed by atoms with Crippen LogP contribution in [0.4, 0.5) is 4.79 Å². The van der Waals surface area contributed by atoms with Crippen LogP contribution in [0, 0.1) is 5.92 Å². The van der Waals surface area contributed by atoms with Crippen molar-refractivity contribution in [2.45, 2.75) is 52.7 Å². The summed E-state index contributed by atoms with van der Waals surface area (Å²) in [5.41, 5.74) is 0.526. The molecule has 0 aromatic heterocycles. The number of hydrogen-bond acceptors (Lipinski definition) is 3. The molecule has 1 fully saturated rings. The maximum atomic E-state index is 12.9. The van der Waals surface area contributed by atoms with Crippen LogP contribution in [0.2, 0.25) is 5.02 Å². The Labute approximate surface area is 161 Å². The van der Waals surface area contributed by atoms with Gasteiger partial charge >= 0.3 is 6.09 Å². The van der Waals surface area contributed by atoms with E-state index in [1.165, 1.54) is 0 Å². The second-order valence-electron chi connectivity index (χ2n) is 7.72. The topological polar surface area (TPSA) is 49.9 Å². The number of benzene rings is 1. The lowest BCUT2D eigenvalue weighted by Gasteiger charge is -2.35. The number of carbonyl (C=O) groups is 2. The van der Waals surface area contributed by atoms with Crippen LogP contribution in [-0.4, -0.2) is 47.0 Å². The van der Waals surface area contributed by atoms with Gasteiger partial charge in [0.1, 0.15) is 5.60 Å². The van der Waals surface area contributed by atoms with Gasteiger partial charge in [0.25, 0.3) is 0 Å². The first-order valence-electron chi connectivity index (χ1n) is 9.20. The Morgan fingerprint density at radius 3 is 2.46 bits per heavy atom. The fourth-order valence-corrected chi connectivity index (χ4v) is 3.31. The molecular weight excluding hydrogens is 352 g/mol. The minimum atomic E-state index is -0.500. The number of ether oxygens (including phenoxy) is 1. The third-order valence-electron chi connectivity index (χ3n) is 4.45. The van der Waals surface area contributed by atoms with Crippen molar-refractivity contribution in [1.82, 2.24) is 9.80 Å². The fourth-order valence-electron chi connectivity index (χ4n) is 3.09. The summed E-state index contributed by atoms with van der Waals surface area (Å²) >= 11 is 6.04. The van der Waals surface area contributed by atoms with Crippen molar-refractivity contribution in [2.24, 2.45) is 5.92 Å². The van der Waals surface area contributed by atoms with Gasteiger partial charge in [-0.1, -0.05) is 23.7 Å². The number of carbonyl (C=O) groups excluding carboxylic acids is 2. The molecule has 26 heavy (non-hydrogen) atoms. The molecule has 0 aliphatic carbocycles. The smallest absolute Gasteiger partial charge is 0.410 e. The van der Waals surface area contributed by atoms with E-state index in [0.717, 1.165) is 5.56 Å². The van der Waals surface area contributed by atoms with Crippen molar-refractivity contribution in [3.63, 3.8) is 0 Å². The first-order valence-corrected chi connectivity index (χ1v) is 9.58. The van der Waals surface area contributed by atoms with Gasteiger partial charge in [-0.05, 0) is 58.2 Å². The van der Waals surface area contributed by atoms with E-state index in [4.69, 9.17) is 16.3 Å². The van der Waals surface area contributed by atoms with Crippen molar-refractivity contribution in [2.75, 3.05) is 19.6 Å². The first kappa shape index (κ1) is 20.6. The van der Waals surface area contributed by atoms with Crippen LogP contribution in [0.15, 0.2) is 24.3 Å². The molecule has 0 spiro atoms. The molecule has 0 N–H and O–H groups in total. The normalized spacial score (nSPS) is 15.7. The summed E-state index contributed by atoms with van der Waals surface area (Å²) in [6, 6.07) is 7.60. The van der Waals surface area contributed by atoms with Gasteiger partial charge in [0.2, 0.25) is 5.91 Å². The molecule has 1 aromatic carbocycles. The lowest BCUT2D eigenvalue weighted by atomic mass is 9.95. The van der Waals surface area contributed by atoms with E-state index in [-0.39, 0.29) is 17.9 Å². The molecule has 0 bridgehead atoms. The van der Waals surface area contributed by atoms with Gasteiger partial charge in [-0.25, -0.2) is 4.79 Å². The van der Waals surface area contributed by atoms with Gasteiger partial charge in [0.05, 0.1) is 0 Å². The summed E-state index contributed by atoms with van der Waals surface area (Å²) < 4.78 is 5.41. The van der Waals surface area contributed by atoms with E-state index >= 15 is 0 Å². The molecule has 0 atom stereocenters. The quantitative estimate of drug-likeness (QED) is 0.780. The average molecular weight is 381 g/mol. The molecule has 0 unspecified atom stereocenters. The number of halogens is 1. The van der Waals surface area contributed by atoms with Crippen LogP contribution < -0.4 is 0 Å². The number of likely N-dealkylation sites (tertiary alicyclic amines) is 1. The molecule has 1 aliphatic heterocycles. The van der Waals surface area contributed by atoms with Crippen LogP contribution in [-0.2, 0) is 16.1 Å². The monoisotopic (exact) mass is 380 g/mol. The summed E-state index contributed by atoms with van der Waals surface area (Å²) in [6.07, 6.45) is 1.04. The van der Waals surface area contributed by atoms with Gasteiger partial charge in [-0.15, -0.1) is 0 Å². The Balaban J connectivity index is 1.90. The molecule has 144 valence electrons. The molecule has 1 aliphatic rings. The van der Waals surface area contributed by atoms with Crippen LogP contribution in [0.25, 0.3) is 0 Å². The minimum Gasteiger partial charge on any atom is -0.444 e. The van der Waals surface area contributed by atoms with Gasteiger partial charge in [-0.2, -0.15) is 0 Å². The van der Waals surface area contributed by atoms with Crippen LogP contribution in [0.5, 0.6) is 0 Å². The summed E-state index contributed by atoms with van der Waals surface area (Å²) in [7, 11) is 0. The zero-order valence-electron chi connectivity index (χ0n) is 16.1. The zero-order chi connectivity index (χ0) is 19.3. The van der Waals surface area contributed by atoms with E-state index in [9.17, 15) is 9.59 Å². The number of amides is 2. The fraction of sp³-hybridized carbons (Fsp3) is 0.600. The Hall–Kier alpha value is -1.75. The highest BCUT2D eigenvalue weighted by molar-refractivity contribution is 6.30. The van der Waals surface area contributed by atoms with Crippen LogP contribution >= 0.6 is 11.6 Å². The molecule has 2 rings (SSSR count). The summed E-state index contributed by atoms with van der Waals surface area (Å²) in [4.78, 5) is 28.6. The number of piperidine rings is 1. The standard InChI is InChI=1S/C20H29ClN2O3/c1-5-22(14-15-7-6-8-17(21)13-15)18(24)16-9-11-23(12-10-16)19(25)26-20(2,3)4/h6-8,13,16H,5,9-12,14H2,1-4H3. The predicted octanol–water partition coefficient (Wildman–Crippen LogP) is 4.34. The van der Waals surface area contributed by atoms with Crippen molar-refractivity contribution in [1.29, 1.82) is 0 Å². The molecular formula is C20H29ClN2O3.